The van der Waals surface area contributed by atoms with Crippen LogP contribution in [0.1, 0.15) is 37.3 Å². The van der Waals surface area contributed by atoms with Crippen molar-refractivity contribution in [1.82, 2.24) is 10.2 Å². The largest absolute Gasteiger partial charge is 0.305 e. The van der Waals surface area contributed by atoms with E-state index in [2.05, 4.69) is 40.5 Å². The predicted molar refractivity (Wildman–Crippen MR) is 78.0 cm³/mol. The van der Waals surface area contributed by atoms with Crippen LogP contribution in [0.15, 0.2) is 30.3 Å². The molecule has 1 aromatic rings. The molecule has 2 bridgehead atoms. The van der Waals surface area contributed by atoms with Crippen molar-refractivity contribution < 1.29 is 0 Å². The molecule has 2 unspecified atom stereocenters. The minimum Gasteiger partial charge on any atom is -0.305 e. The molecule has 4 aliphatic rings. The quantitative estimate of drug-likeness (QED) is 0.891. The number of fused-ring (bicyclic) bond motifs is 3. The highest BCUT2D eigenvalue weighted by Crippen LogP contribution is 2.42. The van der Waals surface area contributed by atoms with Crippen LogP contribution in [0.25, 0.3) is 0 Å². The lowest BCUT2D eigenvalue weighted by Crippen LogP contribution is -2.56. The number of rotatable bonds is 4. The summed E-state index contributed by atoms with van der Waals surface area (Å²) in [4.78, 5) is 2.65. The molecular weight excluding hydrogens is 232 g/mol. The Labute approximate surface area is 116 Å². The Morgan fingerprint density at radius 2 is 1.74 bits per heavy atom. The SMILES string of the molecule is c1ccc(C(NC2CN3CCC2CC3)C2CC2)cc1. The van der Waals surface area contributed by atoms with E-state index in [4.69, 9.17) is 0 Å². The molecule has 0 spiro atoms. The molecule has 1 aromatic carbocycles. The predicted octanol–water partition coefficient (Wildman–Crippen LogP) is 2.82. The summed E-state index contributed by atoms with van der Waals surface area (Å²) in [5.41, 5.74) is 1.50. The second-order valence-corrected chi connectivity index (χ2v) is 6.64. The van der Waals surface area contributed by atoms with Gasteiger partial charge in [0, 0.05) is 18.6 Å². The van der Waals surface area contributed by atoms with Gasteiger partial charge in [0.15, 0.2) is 0 Å². The third-order valence-corrected chi connectivity index (χ3v) is 5.30. The Morgan fingerprint density at radius 3 is 2.32 bits per heavy atom. The summed E-state index contributed by atoms with van der Waals surface area (Å²) < 4.78 is 0. The van der Waals surface area contributed by atoms with Crippen molar-refractivity contribution in [2.75, 3.05) is 19.6 Å². The molecule has 0 amide bonds. The molecule has 1 aliphatic carbocycles. The molecule has 2 nitrogen and oxygen atoms in total. The Hall–Kier alpha value is -0.860. The average Bonchev–Trinajstić information content (AvgIpc) is 3.32. The number of hydrogen-bond donors (Lipinski definition) is 1. The Kier molecular flexibility index (Phi) is 3.08. The van der Waals surface area contributed by atoms with Crippen LogP contribution >= 0.6 is 0 Å². The Bertz CT molecular complexity index is 418. The Balaban J connectivity index is 1.50. The molecule has 19 heavy (non-hydrogen) atoms. The minimum atomic E-state index is 0.603. The van der Waals surface area contributed by atoms with Crippen LogP contribution in [0.3, 0.4) is 0 Å². The van der Waals surface area contributed by atoms with Crippen LogP contribution in [-0.2, 0) is 0 Å². The molecule has 3 heterocycles. The van der Waals surface area contributed by atoms with Crippen molar-refractivity contribution in [3.8, 4) is 0 Å². The van der Waals surface area contributed by atoms with Crippen LogP contribution in [0.4, 0.5) is 0 Å². The molecule has 1 saturated carbocycles. The number of piperidine rings is 3. The van der Waals surface area contributed by atoms with Gasteiger partial charge in [0.1, 0.15) is 0 Å². The second kappa shape index (κ2) is 4.92. The van der Waals surface area contributed by atoms with Gasteiger partial charge >= 0.3 is 0 Å². The van der Waals surface area contributed by atoms with E-state index in [1.165, 1.54) is 50.9 Å². The topological polar surface area (TPSA) is 15.3 Å². The third-order valence-electron chi connectivity index (χ3n) is 5.30. The van der Waals surface area contributed by atoms with E-state index in [0.717, 1.165) is 17.9 Å². The number of nitrogens with one attached hydrogen (secondary N) is 1. The summed E-state index contributed by atoms with van der Waals surface area (Å²) in [6.07, 6.45) is 5.63. The number of nitrogens with zero attached hydrogens (tertiary/aromatic N) is 1. The van der Waals surface area contributed by atoms with Gasteiger partial charge in [-0.1, -0.05) is 30.3 Å². The average molecular weight is 256 g/mol. The lowest BCUT2D eigenvalue weighted by Gasteiger charge is -2.46. The van der Waals surface area contributed by atoms with Crippen molar-refractivity contribution in [2.24, 2.45) is 11.8 Å². The normalized spacial score (nSPS) is 35.3. The van der Waals surface area contributed by atoms with Crippen LogP contribution in [0.5, 0.6) is 0 Å². The van der Waals surface area contributed by atoms with Crippen molar-refractivity contribution in [2.45, 2.75) is 37.8 Å². The first-order chi connectivity index (χ1) is 9.40. The van der Waals surface area contributed by atoms with Crippen LogP contribution < -0.4 is 5.32 Å². The molecule has 2 heteroatoms. The zero-order valence-corrected chi connectivity index (χ0v) is 11.6. The molecule has 3 aliphatic heterocycles. The highest BCUT2D eigenvalue weighted by Gasteiger charge is 2.39. The summed E-state index contributed by atoms with van der Waals surface area (Å²) >= 11 is 0. The van der Waals surface area contributed by atoms with E-state index in [1.54, 1.807) is 0 Å². The van der Waals surface area contributed by atoms with Gasteiger partial charge in [0.25, 0.3) is 0 Å². The van der Waals surface area contributed by atoms with Crippen molar-refractivity contribution in [3.63, 3.8) is 0 Å². The monoisotopic (exact) mass is 256 g/mol. The highest BCUT2D eigenvalue weighted by molar-refractivity contribution is 5.21. The number of hydrogen-bond acceptors (Lipinski definition) is 2. The van der Waals surface area contributed by atoms with Gasteiger partial charge in [-0.25, -0.2) is 0 Å². The first-order valence-electron chi connectivity index (χ1n) is 7.93. The van der Waals surface area contributed by atoms with E-state index >= 15 is 0 Å². The molecule has 2 atom stereocenters. The molecule has 1 N–H and O–H groups in total. The third kappa shape index (κ3) is 2.44. The maximum atomic E-state index is 4.02. The fourth-order valence-electron chi connectivity index (χ4n) is 3.98. The van der Waals surface area contributed by atoms with E-state index in [1.807, 2.05) is 0 Å². The van der Waals surface area contributed by atoms with Crippen LogP contribution in [-0.4, -0.2) is 30.6 Å². The summed E-state index contributed by atoms with van der Waals surface area (Å²) in [6, 6.07) is 12.4. The van der Waals surface area contributed by atoms with Gasteiger partial charge < -0.3 is 10.2 Å². The molecular formula is C17H24N2. The summed E-state index contributed by atoms with van der Waals surface area (Å²) in [5.74, 6) is 1.81. The van der Waals surface area contributed by atoms with Crippen LogP contribution in [0.2, 0.25) is 0 Å². The second-order valence-electron chi connectivity index (χ2n) is 6.64. The highest BCUT2D eigenvalue weighted by atomic mass is 15.2. The molecule has 102 valence electrons. The van der Waals surface area contributed by atoms with E-state index < -0.39 is 0 Å². The van der Waals surface area contributed by atoms with E-state index in [-0.39, 0.29) is 0 Å². The van der Waals surface area contributed by atoms with E-state index in [9.17, 15) is 0 Å². The van der Waals surface area contributed by atoms with Crippen molar-refractivity contribution in [3.05, 3.63) is 35.9 Å². The molecule has 4 fully saturated rings. The van der Waals surface area contributed by atoms with E-state index in [0.29, 0.717) is 6.04 Å². The van der Waals surface area contributed by atoms with Gasteiger partial charge in [-0.3, -0.25) is 0 Å². The fourth-order valence-corrected chi connectivity index (χ4v) is 3.98. The molecule has 0 radical (unpaired) electrons. The molecule has 0 aromatic heterocycles. The lowest BCUT2D eigenvalue weighted by molar-refractivity contribution is 0.0653. The first-order valence-corrected chi connectivity index (χ1v) is 7.93. The van der Waals surface area contributed by atoms with Gasteiger partial charge in [-0.15, -0.1) is 0 Å². The van der Waals surface area contributed by atoms with Gasteiger partial charge in [-0.05, 0) is 56.2 Å². The summed E-state index contributed by atoms with van der Waals surface area (Å²) in [5, 5.41) is 4.02. The minimum absolute atomic E-state index is 0.603. The van der Waals surface area contributed by atoms with Gasteiger partial charge in [-0.2, -0.15) is 0 Å². The van der Waals surface area contributed by atoms with Gasteiger partial charge in [0.2, 0.25) is 0 Å². The summed E-state index contributed by atoms with van der Waals surface area (Å²) in [6.45, 7) is 3.95. The maximum Gasteiger partial charge on any atom is 0.0351 e. The summed E-state index contributed by atoms with van der Waals surface area (Å²) in [7, 11) is 0. The fraction of sp³-hybridized carbons (Fsp3) is 0.647. The standard InChI is InChI=1S/C17H24N2/c1-2-4-14(5-3-1)17(15-6-7-15)18-16-12-19-10-8-13(16)9-11-19/h1-5,13,15-18H,6-12H2. The van der Waals surface area contributed by atoms with Crippen molar-refractivity contribution >= 4 is 0 Å². The first kappa shape index (κ1) is 11.9. The smallest absolute Gasteiger partial charge is 0.0351 e. The van der Waals surface area contributed by atoms with Crippen molar-refractivity contribution in [1.29, 1.82) is 0 Å². The van der Waals surface area contributed by atoms with Gasteiger partial charge in [0.05, 0.1) is 0 Å². The number of benzene rings is 1. The molecule has 5 rings (SSSR count). The zero-order valence-electron chi connectivity index (χ0n) is 11.6. The lowest BCUT2D eigenvalue weighted by atomic mass is 9.83. The Morgan fingerprint density at radius 1 is 1.00 bits per heavy atom. The molecule has 3 saturated heterocycles. The maximum absolute atomic E-state index is 4.02. The van der Waals surface area contributed by atoms with Crippen LogP contribution in [0, 0.1) is 11.8 Å². The zero-order chi connectivity index (χ0) is 12.7.